The highest BCUT2D eigenvalue weighted by atomic mass is 19.1. The number of halogens is 1. The van der Waals surface area contributed by atoms with Crippen LogP contribution >= 0.6 is 0 Å². The maximum Gasteiger partial charge on any atom is 0.193 e. The van der Waals surface area contributed by atoms with Crippen LogP contribution < -0.4 is 0 Å². The first kappa shape index (κ1) is 13.0. The van der Waals surface area contributed by atoms with Gasteiger partial charge in [-0.05, 0) is 49.3 Å². The minimum absolute atomic E-state index is 0.0690. The van der Waals surface area contributed by atoms with E-state index in [1.807, 2.05) is 24.3 Å². The predicted molar refractivity (Wildman–Crippen MR) is 76.2 cm³/mol. The molecule has 0 N–H and O–H groups in total. The lowest BCUT2D eigenvalue weighted by Gasteiger charge is -2.30. The van der Waals surface area contributed by atoms with Crippen molar-refractivity contribution < 1.29 is 9.18 Å². The average Bonchev–Trinajstić information content (AvgIpc) is 2.44. The fourth-order valence-electron chi connectivity index (χ4n) is 2.33. The van der Waals surface area contributed by atoms with Crippen LogP contribution in [0.15, 0.2) is 48.5 Å². The summed E-state index contributed by atoms with van der Waals surface area (Å²) in [6.45, 7) is 3.28. The summed E-state index contributed by atoms with van der Waals surface area (Å²) in [4.78, 5) is 14.6. The van der Waals surface area contributed by atoms with Crippen LogP contribution in [0.4, 0.5) is 4.39 Å². The standard InChI is InChI=1S/C17H16FNO/c18-16-8-6-15(7-9-16)17(20)14-4-2-13(3-5-14)12-19-10-1-11-19/h2-9H,1,10-12H2. The van der Waals surface area contributed by atoms with E-state index in [9.17, 15) is 9.18 Å². The van der Waals surface area contributed by atoms with Crippen molar-refractivity contribution in [3.05, 3.63) is 71.0 Å². The lowest BCUT2D eigenvalue weighted by atomic mass is 10.0. The molecule has 0 amide bonds. The number of likely N-dealkylation sites (tertiary alicyclic amines) is 1. The number of carbonyl (C=O) groups excluding carboxylic acids is 1. The van der Waals surface area contributed by atoms with Crippen LogP contribution in [0.2, 0.25) is 0 Å². The first-order valence-corrected chi connectivity index (χ1v) is 6.84. The van der Waals surface area contributed by atoms with Gasteiger partial charge in [0.15, 0.2) is 5.78 Å². The third-order valence-corrected chi connectivity index (χ3v) is 3.68. The summed E-state index contributed by atoms with van der Waals surface area (Å²) in [7, 11) is 0. The average molecular weight is 269 g/mol. The van der Waals surface area contributed by atoms with Gasteiger partial charge < -0.3 is 0 Å². The normalized spacial score (nSPS) is 14.8. The second-order valence-corrected chi connectivity index (χ2v) is 5.16. The number of hydrogen-bond acceptors (Lipinski definition) is 2. The molecule has 0 radical (unpaired) electrons. The van der Waals surface area contributed by atoms with Crippen LogP contribution in [-0.2, 0) is 6.54 Å². The molecule has 0 saturated carbocycles. The summed E-state index contributed by atoms with van der Waals surface area (Å²) in [6.07, 6.45) is 1.28. The van der Waals surface area contributed by atoms with Gasteiger partial charge in [-0.2, -0.15) is 0 Å². The van der Waals surface area contributed by atoms with E-state index in [1.54, 1.807) is 0 Å². The van der Waals surface area contributed by atoms with Crippen molar-refractivity contribution in [2.75, 3.05) is 13.1 Å². The Hall–Kier alpha value is -2.00. The zero-order chi connectivity index (χ0) is 13.9. The number of benzene rings is 2. The Morgan fingerprint density at radius 1 is 0.950 bits per heavy atom. The number of ketones is 1. The Kier molecular flexibility index (Phi) is 3.61. The topological polar surface area (TPSA) is 20.3 Å². The van der Waals surface area contributed by atoms with Crippen LogP contribution in [0.5, 0.6) is 0 Å². The van der Waals surface area contributed by atoms with E-state index in [4.69, 9.17) is 0 Å². The van der Waals surface area contributed by atoms with Crippen LogP contribution in [0.3, 0.4) is 0 Å². The molecule has 20 heavy (non-hydrogen) atoms. The molecule has 1 aliphatic heterocycles. The lowest BCUT2D eigenvalue weighted by molar-refractivity contribution is 0.103. The largest absolute Gasteiger partial charge is 0.299 e. The molecule has 2 aromatic rings. The fraction of sp³-hybridized carbons (Fsp3) is 0.235. The van der Waals surface area contributed by atoms with E-state index in [0.717, 1.165) is 19.6 Å². The minimum atomic E-state index is -0.327. The van der Waals surface area contributed by atoms with E-state index < -0.39 is 0 Å². The molecule has 0 atom stereocenters. The Morgan fingerprint density at radius 3 is 2.00 bits per heavy atom. The molecule has 1 aliphatic rings. The monoisotopic (exact) mass is 269 g/mol. The zero-order valence-electron chi connectivity index (χ0n) is 11.2. The van der Waals surface area contributed by atoms with Crippen LogP contribution in [0.25, 0.3) is 0 Å². The maximum atomic E-state index is 12.9. The van der Waals surface area contributed by atoms with E-state index in [1.165, 1.54) is 36.2 Å². The van der Waals surface area contributed by atoms with E-state index in [2.05, 4.69) is 4.90 Å². The number of nitrogens with zero attached hydrogens (tertiary/aromatic N) is 1. The quantitative estimate of drug-likeness (QED) is 0.794. The molecule has 2 aromatic carbocycles. The molecule has 0 bridgehead atoms. The van der Waals surface area contributed by atoms with Crippen molar-refractivity contribution in [2.45, 2.75) is 13.0 Å². The molecular weight excluding hydrogens is 253 g/mol. The Labute approximate surface area is 117 Å². The summed E-state index contributed by atoms with van der Waals surface area (Å²) in [5.41, 5.74) is 2.38. The highest BCUT2D eigenvalue weighted by Crippen LogP contribution is 2.15. The Morgan fingerprint density at radius 2 is 1.50 bits per heavy atom. The third-order valence-electron chi connectivity index (χ3n) is 3.68. The number of hydrogen-bond donors (Lipinski definition) is 0. The molecule has 0 aromatic heterocycles. The zero-order valence-corrected chi connectivity index (χ0v) is 11.2. The van der Waals surface area contributed by atoms with Gasteiger partial charge >= 0.3 is 0 Å². The molecule has 2 nitrogen and oxygen atoms in total. The molecule has 3 rings (SSSR count). The van der Waals surface area contributed by atoms with Crippen molar-refractivity contribution >= 4 is 5.78 Å². The number of rotatable bonds is 4. The molecule has 0 unspecified atom stereocenters. The van der Waals surface area contributed by atoms with Gasteiger partial charge in [0, 0.05) is 17.7 Å². The van der Waals surface area contributed by atoms with E-state index >= 15 is 0 Å². The second-order valence-electron chi connectivity index (χ2n) is 5.16. The fourth-order valence-corrected chi connectivity index (χ4v) is 2.33. The lowest BCUT2D eigenvalue weighted by Crippen LogP contribution is -2.36. The smallest absolute Gasteiger partial charge is 0.193 e. The van der Waals surface area contributed by atoms with Gasteiger partial charge in [-0.25, -0.2) is 4.39 Å². The highest BCUT2D eigenvalue weighted by molar-refractivity contribution is 6.08. The first-order valence-electron chi connectivity index (χ1n) is 6.84. The molecule has 0 spiro atoms. The first-order chi connectivity index (χ1) is 9.72. The van der Waals surface area contributed by atoms with Gasteiger partial charge in [0.05, 0.1) is 0 Å². The summed E-state index contributed by atoms with van der Waals surface area (Å²) < 4.78 is 12.9. The van der Waals surface area contributed by atoms with Crippen molar-refractivity contribution in [3.8, 4) is 0 Å². The number of carbonyl (C=O) groups is 1. The molecule has 3 heteroatoms. The second kappa shape index (κ2) is 5.55. The molecule has 1 heterocycles. The van der Waals surface area contributed by atoms with E-state index in [-0.39, 0.29) is 11.6 Å². The predicted octanol–water partition coefficient (Wildman–Crippen LogP) is 3.26. The van der Waals surface area contributed by atoms with Gasteiger partial charge in [-0.3, -0.25) is 9.69 Å². The van der Waals surface area contributed by atoms with Gasteiger partial charge in [-0.1, -0.05) is 24.3 Å². The summed E-state index contributed by atoms with van der Waals surface area (Å²) in [5, 5.41) is 0. The summed E-state index contributed by atoms with van der Waals surface area (Å²) >= 11 is 0. The summed E-state index contributed by atoms with van der Waals surface area (Å²) in [6, 6.07) is 13.3. The van der Waals surface area contributed by atoms with Crippen molar-refractivity contribution in [1.82, 2.24) is 4.90 Å². The molecular formula is C17H16FNO. The van der Waals surface area contributed by atoms with Gasteiger partial charge in [0.1, 0.15) is 5.82 Å². The maximum absolute atomic E-state index is 12.9. The Balaban J connectivity index is 1.73. The van der Waals surface area contributed by atoms with Crippen LogP contribution in [-0.4, -0.2) is 23.8 Å². The van der Waals surface area contributed by atoms with Crippen molar-refractivity contribution in [1.29, 1.82) is 0 Å². The van der Waals surface area contributed by atoms with Gasteiger partial charge in [0.2, 0.25) is 0 Å². The third kappa shape index (κ3) is 2.78. The van der Waals surface area contributed by atoms with Gasteiger partial charge in [-0.15, -0.1) is 0 Å². The van der Waals surface area contributed by atoms with Gasteiger partial charge in [0.25, 0.3) is 0 Å². The van der Waals surface area contributed by atoms with Crippen LogP contribution in [0.1, 0.15) is 27.9 Å². The molecule has 1 saturated heterocycles. The highest BCUT2D eigenvalue weighted by Gasteiger charge is 2.14. The van der Waals surface area contributed by atoms with Crippen molar-refractivity contribution in [2.24, 2.45) is 0 Å². The Bertz CT molecular complexity index is 600. The summed E-state index contributed by atoms with van der Waals surface area (Å²) in [5.74, 6) is -0.396. The van der Waals surface area contributed by atoms with E-state index in [0.29, 0.717) is 11.1 Å². The SMILES string of the molecule is O=C(c1ccc(F)cc1)c1ccc(CN2CCC2)cc1. The van der Waals surface area contributed by atoms with Crippen molar-refractivity contribution in [3.63, 3.8) is 0 Å². The minimum Gasteiger partial charge on any atom is -0.299 e. The molecule has 1 fully saturated rings. The molecule has 0 aliphatic carbocycles. The van der Waals surface area contributed by atoms with Crippen LogP contribution in [0, 0.1) is 5.82 Å². The molecule has 102 valence electrons.